The zero-order valence-corrected chi connectivity index (χ0v) is 21.6. The Morgan fingerprint density at radius 3 is 2.42 bits per heavy atom. The smallest absolute Gasteiger partial charge is 0.308 e. The van der Waals surface area contributed by atoms with E-state index in [0.29, 0.717) is 6.54 Å². The van der Waals surface area contributed by atoms with Crippen LogP contribution in [-0.4, -0.2) is 61.6 Å². The topological polar surface area (TPSA) is 57.2 Å². The molecule has 2 aliphatic rings. The summed E-state index contributed by atoms with van der Waals surface area (Å²) in [6.07, 6.45) is 4.32. The number of nitrogens with one attached hydrogen (secondary N) is 1. The standard InChI is InChI=1S/C24H38N4O2.HI/c1-4-25-24(28-14-11-22(12-15-28)23(29)30-3)26-16-20-7-9-21(10-8-20)18-27-13-5-6-19(2)17-27;/h7-10,19,22H,4-6,11-18H2,1-3H3,(H,25,26);1H. The molecule has 0 aliphatic carbocycles. The molecule has 2 fully saturated rings. The normalized spacial score (nSPS) is 20.8. The summed E-state index contributed by atoms with van der Waals surface area (Å²) in [5, 5.41) is 3.40. The molecular formula is C24H39IN4O2. The molecule has 1 aromatic rings. The summed E-state index contributed by atoms with van der Waals surface area (Å²) in [4.78, 5) is 21.4. The van der Waals surface area contributed by atoms with Gasteiger partial charge < -0.3 is 15.0 Å². The highest BCUT2D eigenvalue weighted by molar-refractivity contribution is 14.0. The molecule has 1 N–H and O–H groups in total. The van der Waals surface area contributed by atoms with Crippen LogP contribution in [0.15, 0.2) is 29.3 Å². The number of carbonyl (C=O) groups is 1. The summed E-state index contributed by atoms with van der Waals surface area (Å²) in [5.74, 6) is 1.68. The number of methoxy groups -OCH3 is 1. The maximum atomic E-state index is 11.8. The fraction of sp³-hybridized carbons (Fsp3) is 0.667. The molecule has 6 nitrogen and oxygen atoms in total. The number of hydrogen-bond acceptors (Lipinski definition) is 4. The van der Waals surface area contributed by atoms with Crippen LogP contribution in [0.4, 0.5) is 0 Å². The molecular weight excluding hydrogens is 503 g/mol. The lowest BCUT2D eigenvalue weighted by Gasteiger charge is -2.33. The molecule has 0 amide bonds. The van der Waals surface area contributed by atoms with Gasteiger partial charge in [0.1, 0.15) is 0 Å². The number of nitrogens with zero attached hydrogens (tertiary/aromatic N) is 3. The van der Waals surface area contributed by atoms with Crippen LogP contribution in [0, 0.1) is 11.8 Å². The van der Waals surface area contributed by atoms with Gasteiger partial charge in [-0.15, -0.1) is 24.0 Å². The van der Waals surface area contributed by atoms with Crippen molar-refractivity contribution in [2.24, 2.45) is 16.8 Å². The Kier molecular flexibility index (Phi) is 11.1. The largest absolute Gasteiger partial charge is 0.469 e. The van der Waals surface area contributed by atoms with Crippen molar-refractivity contribution in [2.75, 3.05) is 39.8 Å². The van der Waals surface area contributed by atoms with E-state index in [0.717, 1.165) is 50.9 Å². The second kappa shape index (κ2) is 13.3. The number of piperidine rings is 2. The molecule has 2 aliphatic heterocycles. The van der Waals surface area contributed by atoms with Gasteiger partial charge in [0.05, 0.1) is 19.6 Å². The predicted molar refractivity (Wildman–Crippen MR) is 137 cm³/mol. The molecule has 0 saturated carbocycles. The lowest BCUT2D eigenvalue weighted by atomic mass is 9.97. The van der Waals surface area contributed by atoms with Crippen LogP contribution in [0.5, 0.6) is 0 Å². The van der Waals surface area contributed by atoms with Crippen LogP contribution in [-0.2, 0) is 22.6 Å². The maximum absolute atomic E-state index is 11.8. The van der Waals surface area contributed by atoms with Crippen molar-refractivity contribution in [1.29, 1.82) is 0 Å². The number of guanidine groups is 1. The monoisotopic (exact) mass is 542 g/mol. The van der Waals surface area contributed by atoms with Crippen molar-refractivity contribution in [3.05, 3.63) is 35.4 Å². The number of esters is 1. The van der Waals surface area contributed by atoms with Crippen molar-refractivity contribution in [3.8, 4) is 0 Å². The van der Waals surface area contributed by atoms with Crippen LogP contribution in [0.1, 0.15) is 50.7 Å². The summed E-state index contributed by atoms with van der Waals surface area (Å²) in [6.45, 7) is 11.1. The first kappa shape index (κ1) is 25.9. The van der Waals surface area contributed by atoms with E-state index in [1.165, 1.54) is 44.2 Å². The molecule has 1 unspecified atom stereocenters. The van der Waals surface area contributed by atoms with Crippen molar-refractivity contribution in [3.63, 3.8) is 0 Å². The van der Waals surface area contributed by atoms with Crippen LogP contribution in [0.2, 0.25) is 0 Å². The lowest BCUT2D eigenvalue weighted by molar-refractivity contribution is -0.146. The third-order valence-corrected chi connectivity index (χ3v) is 6.25. The number of rotatable bonds is 6. The average Bonchev–Trinajstić information content (AvgIpc) is 2.77. The Morgan fingerprint density at radius 2 is 1.81 bits per heavy atom. The van der Waals surface area contributed by atoms with Gasteiger partial charge in [-0.05, 0) is 56.2 Å². The van der Waals surface area contributed by atoms with Gasteiger partial charge in [0.2, 0.25) is 0 Å². The fourth-order valence-electron chi connectivity index (χ4n) is 4.52. The van der Waals surface area contributed by atoms with E-state index in [2.05, 4.69) is 53.2 Å². The van der Waals surface area contributed by atoms with Gasteiger partial charge in [0.15, 0.2) is 5.96 Å². The van der Waals surface area contributed by atoms with Crippen molar-refractivity contribution >= 4 is 35.9 Å². The van der Waals surface area contributed by atoms with E-state index in [1.54, 1.807) is 0 Å². The Balaban J connectivity index is 0.00000341. The van der Waals surface area contributed by atoms with Crippen molar-refractivity contribution in [2.45, 2.75) is 52.6 Å². The van der Waals surface area contributed by atoms with E-state index < -0.39 is 0 Å². The minimum atomic E-state index is -0.0873. The molecule has 0 bridgehead atoms. The van der Waals surface area contributed by atoms with Gasteiger partial charge in [0, 0.05) is 32.7 Å². The molecule has 0 aromatic heterocycles. The third kappa shape index (κ3) is 7.93. The van der Waals surface area contributed by atoms with Crippen LogP contribution in [0.25, 0.3) is 0 Å². The zero-order valence-electron chi connectivity index (χ0n) is 19.3. The minimum absolute atomic E-state index is 0. The molecule has 3 rings (SSSR count). The third-order valence-electron chi connectivity index (χ3n) is 6.25. The summed E-state index contributed by atoms with van der Waals surface area (Å²) in [5.41, 5.74) is 2.61. The fourth-order valence-corrected chi connectivity index (χ4v) is 4.52. The number of carbonyl (C=O) groups excluding carboxylic acids is 1. The van der Waals surface area contributed by atoms with E-state index in [9.17, 15) is 4.79 Å². The van der Waals surface area contributed by atoms with Crippen molar-refractivity contribution < 1.29 is 9.53 Å². The van der Waals surface area contributed by atoms with E-state index in [1.807, 2.05) is 0 Å². The number of halogens is 1. The van der Waals surface area contributed by atoms with Crippen molar-refractivity contribution in [1.82, 2.24) is 15.1 Å². The Labute approximate surface area is 204 Å². The number of benzene rings is 1. The number of aliphatic imine (C=N–C) groups is 1. The maximum Gasteiger partial charge on any atom is 0.308 e. The number of hydrogen-bond donors (Lipinski definition) is 1. The van der Waals surface area contributed by atoms with Crippen LogP contribution >= 0.6 is 24.0 Å². The van der Waals surface area contributed by atoms with E-state index in [4.69, 9.17) is 9.73 Å². The van der Waals surface area contributed by atoms with Gasteiger partial charge >= 0.3 is 5.97 Å². The highest BCUT2D eigenvalue weighted by atomic mass is 127. The molecule has 0 spiro atoms. The average molecular weight is 543 g/mol. The first-order valence-corrected chi connectivity index (χ1v) is 11.5. The molecule has 2 saturated heterocycles. The predicted octanol–water partition coefficient (Wildman–Crippen LogP) is 3.89. The van der Waals surface area contributed by atoms with Gasteiger partial charge in [0.25, 0.3) is 0 Å². The molecule has 0 radical (unpaired) electrons. The highest BCUT2D eigenvalue weighted by Crippen LogP contribution is 2.20. The Hall–Kier alpha value is -1.35. The molecule has 1 aromatic carbocycles. The van der Waals surface area contributed by atoms with Gasteiger partial charge in [-0.3, -0.25) is 9.69 Å². The number of ether oxygens (including phenoxy) is 1. The van der Waals surface area contributed by atoms with E-state index in [-0.39, 0.29) is 35.9 Å². The number of likely N-dealkylation sites (tertiary alicyclic amines) is 2. The van der Waals surface area contributed by atoms with Gasteiger partial charge in [-0.2, -0.15) is 0 Å². The molecule has 1 atom stereocenters. The second-order valence-electron chi connectivity index (χ2n) is 8.75. The molecule has 174 valence electrons. The van der Waals surface area contributed by atoms with E-state index >= 15 is 0 Å². The Bertz CT molecular complexity index is 702. The van der Waals surface area contributed by atoms with Crippen LogP contribution < -0.4 is 5.32 Å². The first-order chi connectivity index (χ1) is 14.6. The highest BCUT2D eigenvalue weighted by Gasteiger charge is 2.27. The summed E-state index contributed by atoms with van der Waals surface area (Å²) in [7, 11) is 1.47. The SMILES string of the molecule is CCNC(=NCc1ccc(CN2CCCC(C)C2)cc1)N1CCC(C(=O)OC)CC1.I. The van der Waals surface area contributed by atoms with Gasteiger partial charge in [-0.25, -0.2) is 4.99 Å². The first-order valence-electron chi connectivity index (χ1n) is 11.5. The Morgan fingerprint density at radius 1 is 1.13 bits per heavy atom. The zero-order chi connectivity index (χ0) is 21.3. The molecule has 2 heterocycles. The van der Waals surface area contributed by atoms with Gasteiger partial charge in [-0.1, -0.05) is 31.2 Å². The summed E-state index contributed by atoms with van der Waals surface area (Å²) >= 11 is 0. The lowest BCUT2D eigenvalue weighted by Crippen LogP contribution is -2.46. The summed E-state index contributed by atoms with van der Waals surface area (Å²) in [6, 6.07) is 8.91. The second-order valence-corrected chi connectivity index (χ2v) is 8.75. The summed E-state index contributed by atoms with van der Waals surface area (Å²) < 4.78 is 4.89. The van der Waals surface area contributed by atoms with Crippen LogP contribution in [0.3, 0.4) is 0 Å². The quantitative estimate of drug-likeness (QED) is 0.256. The minimum Gasteiger partial charge on any atom is -0.469 e. The molecule has 7 heteroatoms. The molecule has 31 heavy (non-hydrogen) atoms.